The second-order valence-corrected chi connectivity index (χ2v) is 8.98. The molecule has 2 aromatic carbocycles. The molecule has 1 aliphatic heterocycles. The Balaban J connectivity index is 1.66. The fourth-order valence-electron chi connectivity index (χ4n) is 4.16. The molecule has 6 nitrogen and oxygen atoms in total. The summed E-state index contributed by atoms with van der Waals surface area (Å²) >= 11 is 5.95. The zero-order chi connectivity index (χ0) is 25.2. The summed E-state index contributed by atoms with van der Waals surface area (Å²) in [5, 5.41) is 6.87. The van der Waals surface area contributed by atoms with E-state index in [4.69, 9.17) is 11.6 Å². The number of fused-ring (bicyclic) bond motifs is 3. The van der Waals surface area contributed by atoms with Gasteiger partial charge in [-0.1, -0.05) is 35.9 Å². The van der Waals surface area contributed by atoms with E-state index in [1.807, 2.05) is 24.3 Å². The molecule has 10 heteroatoms. The van der Waals surface area contributed by atoms with Crippen molar-refractivity contribution < 1.29 is 22.8 Å². The number of hydrogen-bond donors (Lipinski definition) is 1. The van der Waals surface area contributed by atoms with Crippen molar-refractivity contribution in [2.45, 2.75) is 44.4 Å². The molecule has 35 heavy (non-hydrogen) atoms. The number of carbonyl (C=O) groups excluding carboxylic acids is 2. The summed E-state index contributed by atoms with van der Waals surface area (Å²) in [6.45, 7) is -0.419. The molecule has 0 aliphatic carbocycles. The van der Waals surface area contributed by atoms with Crippen molar-refractivity contribution in [1.29, 1.82) is 0 Å². The number of halogens is 4. The topological polar surface area (TPSA) is 67.2 Å². The van der Waals surface area contributed by atoms with Crippen molar-refractivity contribution in [2.24, 2.45) is 0 Å². The minimum atomic E-state index is -4.62. The maximum absolute atomic E-state index is 13.4. The van der Waals surface area contributed by atoms with Gasteiger partial charge < -0.3 is 10.2 Å². The number of rotatable bonds is 2. The number of nitrogens with zero attached hydrogens (tertiary/aromatic N) is 3. The molecule has 1 aliphatic rings. The maximum Gasteiger partial charge on any atom is 0.435 e. The van der Waals surface area contributed by atoms with E-state index < -0.39 is 30.4 Å². The molecule has 1 N–H and O–H groups in total. The number of likely N-dealkylation sites (N-methyl/N-ethyl adjacent to an activating group) is 1. The fourth-order valence-corrected chi connectivity index (χ4v) is 4.28. The second-order valence-electron chi connectivity index (χ2n) is 8.55. The van der Waals surface area contributed by atoms with E-state index in [9.17, 15) is 22.8 Å². The highest BCUT2D eigenvalue weighted by Crippen LogP contribution is 2.29. The van der Waals surface area contributed by atoms with Gasteiger partial charge in [0, 0.05) is 29.9 Å². The molecule has 0 saturated heterocycles. The Kier molecular flexibility index (Phi) is 7.16. The van der Waals surface area contributed by atoms with Gasteiger partial charge >= 0.3 is 6.18 Å². The van der Waals surface area contributed by atoms with Crippen LogP contribution in [0.1, 0.15) is 28.9 Å². The summed E-state index contributed by atoms with van der Waals surface area (Å²) in [6.07, 6.45) is -2.81. The van der Waals surface area contributed by atoms with Gasteiger partial charge in [0.15, 0.2) is 5.69 Å². The Bertz CT molecular complexity index is 1220. The number of hydrogen-bond acceptors (Lipinski definition) is 3. The fraction of sp³-hybridized carbons (Fsp3) is 0.320. The van der Waals surface area contributed by atoms with Crippen LogP contribution < -0.4 is 10.2 Å². The summed E-state index contributed by atoms with van der Waals surface area (Å²) in [6, 6.07) is 14.4. The molecule has 2 bridgehead atoms. The number of benzene rings is 2. The normalized spacial score (nSPS) is 16.8. The third kappa shape index (κ3) is 6.03. The van der Waals surface area contributed by atoms with Crippen molar-refractivity contribution in [1.82, 2.24) is 15.1 Å². The second kappa shape index (κ2) is 10.1. The highest BCUT2D eigenvalue weighted by Gasteiger charge is 2.35. The van der Waals surface area contributed by atoms with Crippen molar-refractivity contribution in [3.05, 3.63) is 82.1 Å². The van der Waals surface area contributed by atoms with Crippen LogP contribution in [0.5, 0.6) is 0 Å². The number of alkyl halides is 3. The van der Waals surface area contributed by atoms with Crippen LogP contribution in [0.3, 0.4) is 0 Å². The first-order valence-corrected chi connectivity index (χ1v) is 11.5. The van der Waals surface area contributed by atoms with E-state index in [2.05, 4.69) is 10.4 Å². The molecular formula is C25H24ClF3N4O2. The molecule has 2 amide bonds. The number of aromatic nitrogens is 2. The van der Waals surface area contributed by atoms with Gasteiger partial charge in [-0.25, -0.2) is 0 Å². The Morgan fingerprint density at radius 1 is 1.11 bits per heavy atom. The summed E-state index contributed by atoms with van der Waals surface area (Å²) in [5.74, 6) is -0.959. The predicted molar refractivity (Wildman–Crippen MR) is 126 cm³/mol. The molecule has 0 saturated carbocycles. The van der Waals surface area contributed by atoms with E-state index >= 15 is 0 Å². The molecule has 0 radical (unpaired) electrons. The van der Waals surface area contributed by atoms with Crippen LogP contribution in [0.2, 0.25) is 5.02 Å². The SMILES string of the molecule is CN(C(=O)C1Cc2cccc(c2)CCCc2cc(C(F)(F)F)nn2CC(=O)N1)c1ccc(Cl)cc1. The monoisotopic (exact) mass is 504 g/mol. The lowest BCUT2D eigenvalue weighted by atomic mass is 9.99. The van der Waals surface area contributed by atoms with Gasteiger partial charge in [0.05, 0.1) is 0 Å². The van der Waals surface area contributed by atoms with Gasteiger partial charge in [-0.05, 0) is 60.7 Å². The Hall–Kier alpha value is -3.33. The predicted octanol–water partition coefficient (Wildman–Crippen LogP) is 4.43. The zero-order valence-corrected chi connectivity index (χ0v) is 19.7. The minimum absolute atomic E-state index is 0.232. The third-order valence-electron chi connectivity index (χ3n) is 5.95. The summed E-state index contributed by atoms with van der Waals surface area (Å²) < 4.78 is 40.9. The van der Waals surface area contributed by atoms with E-state index in [1.54, 1.807) is 31.3 Å². The maximum atomic E-state index is 13.4. The van der Waals surface area contributed by atoms with E-state index in [1.165, 1.54) is 4.90 Å². The molecule has 1 unspecified atom stereocenters. The van der Waals surface area contributed by atoms with Gasteiger partial charge in [-0.15, -0.1) is 0 Å². The van der Waals surface area contributed by atoms with Crippen molar-refractivity contribution in [3.63, 3.8) is 0 Å². The lowest BCUT2D eigenvalue weighted by Gasteiger charge is -2.25. The Labute approximate surface area is 205 Å². The highest BCUT2D eigenvalue weighted by atomic mass is 35.5. The molecule has 3 aromatic rings. The van der Waals surface area contributed by atoms with Crippen molar-refractivity contribution in [2.75, 3.05) is 11.9 Å². The number of carbonyl (C=O) groups is 2. The van der Waals surface area contributed by atoms with E-state index in [-0.39, 0.29) is 12.3 Å². The summed E-state index contributed by atoms with van der Waals surface area (Å²) in [5.41, 5.74) is 1.76. The number of aryl methyl sites for hydroxylation is 2. The van der Waals surface area contributed by atoms with Gasteiger partial charge in [0.25, 0.3) is 0 Å². The van der Waals surface area contributed by atoms with Crippen LogP contribution in [-0.2, 0) is 41.6 Å². The first-order valence-electron chi connectivity index (χ1n) is 11.1. The average Bonchev–Trinajstić information content (AvgIpc) is 3.21. The Morgan fingerprint density at radius 3 is 2.54 bits per heavy atom. The molecule has 4 rings (SSSR count). The number of nitrogens with one attached hydrogen (secondary N) is 1. The van der Waals surface area contributed by atoms with Gasteiger partial charge in [0.2, 0.25) is 11.8 Å². The number of amides is 2. The largest absolute Gasteiger partial charge is 0.435 e. The van der Waals surface area contributed by atoms with Crippen LogP contribution in [0.15, 0.2) is 54.6 Å². The van der Waals surface area contributed by atoms with Crippen LogP contribution in [0.4, 0.5) is 18.9 Å². The van der Waals surface area contributed by atoms with E-state index in [0.717, 1.165) is 21.9 Å². The van der Waals surface area contributed by atoms with Crippen molar-refractivity contribution in [3.8, 4) is 0 Å². The third-order valence-corrected chi connectivity index (χ3v) is 6.21. The van der Waals surface area contributed by atoms with Gasteiger partial charge in [0.1, 0.15) is 12.6 Å². The summed E-state index contributed by atoms with van der Waals surface area (Å²) in [7, 11) is 1.59. The smallest absolute Gasteiger partial charge is 0.342 e. The lowest BCUT2D eigenvalue weighted by molar-refractivity contribution is -0.141. The molecule has 0 spiro atoms. The zero-order valence-electron chi connectivity index (χ0n) is 19.0. The first kappa shape index (κ1) is 24.8. The van der Waals surface area contributed by atoms with Crippen LogP contribution >= 0.6 is 11.6 Å². The molecule has 184 valence electrons. The van der Waals surface area contributed by atoms with Gasteiger partial charge in [-0.2, -0.15) is 18.3 Å². The summed E-state index contributed by atoms with van der Waals surface area (Å²) in [4.78, 5) is 27.7. The minimum Gasteiger partial charge on any atom is -0.342 e. The average molecular weight is 505 g/mol. The highest BCUT2D eigenvalue weighted by molar-refractivity contribution is 6.30. The molecular weight excluding hydrogens is 481 g/mol. The first-order chi connectivity index (χ1) is 16.6. The lowest BCUT2D eigenvalue weighted by Crippen LogP contribution is -2.49. The quantitative estimate of drug-likeness (QED) is 0.561. The molecule has 1 aromatic heterocycles. The molecule has 2 heterocycles. The van der Waals surface area contributed by atoms with Crippen LogP contribution in [0.25, 0.3) is 0 Å². The number of anilines is 1. The van der Waals surface area contributed by atoms with Crippen molar-refractivity contribution >= 4 is 29.1 Å². The Morgan fingerprint density at radius 2 is 1.83 bits per heavy atom. The molecule has 1 atom stereocenters. The van der Waals surface area contributed by atoms with Gasteiger partial charge in [-0.3, -0.25) is 14.3 Å². The van der Waals surface area contributed by atoms with Crippen LogP contribution in [0, 0.1) is 0 Å². The molecule has 0 fully saturated rings. The standard InChI is InChI=1S/C25H24ClF3N4O2/c1-32(19-10-8-18(26)9-11-19)24(35)21-13-17-6-2-4-16(12-17)5-3-7-20-14-22(25(27,28)29)31-33(20)15-23(34)30-21/h2,4,6,8-12,14,21H,3,5,7,13,15H2,1H3,(H,30,34). The van der Waals surface area contributed by atoms with E-state index in [0.29, 0.717) is 35.7 Å². The van der Waals surface area contributed by atoms with Crippen LogP contribution in [-0.4, -0.2) is 34.7 Å².